The first-order valence-corrected chi connectivity index (χ1v) is 6.17. The van der Waals surface area contributed by atoms with E-state index in [1.54, 1.807) is 6.33 Å². The summed E-state index contributed by atoms with van der Waals surface area (Å²) in [6, 6.07) is 0. The largest absolute Gasteiger partial charge is 0.353 e. The van der Waals surface area contributed by atoms with Gasteiger partial charge >= 0.3 is 0 Å². The fourth-order valence-electron chi connectivity index (χ4n) is 1.68. The Hall–Kier alpha value is -0.430. The second kappa shape index (κ2) is 4.61. The highest BCUT2D eigenvalue weighted by atomic mass is 127. The van der Waals surface area contributed by atoms with E-state index in [0.717, 1.165) is 37.7 Å². The maximum absolute atomic E-state index is 4.38. The molecular weight excluding hydrogens is 303 g/mol. The van der Waals surface area contributed by atoms with Crippen molar-refractivity contribution in [1.82, 2.24) is 14.9 Å². The molecular formula is C10H15IN4. The lowest BCUT2D eigenvalue weighted by Crippen LogP contribution is -2.45. The molecule has 0 bridgehead atoms. The van der Waals surface area contributed by atoms with Crippen LogP contribution in [0.1, 0.15) is 5.69 Å². The van der Waals surface area contributed by atoms with Gasteiger partial charge in [0.2, 0.25) is 0 Å². The summed E-state index contributed by atoms with van der Waals surface area (Å²) in [5.41, 5.74) is 1.07. The van der Waals surface area contributed by atoms with Crippen LogP contribution in [0, 0.1) is 10.5 Å². The summed E-state index contributed by atoms with van der Waals surface area (Å²) in [6.07, 6.45) is 1.66. The molecule has 1 aliphatic heterocycles. The van der Waals surface area contributed by atoms with E-state index in [-0.39, 0.29) is 0 Å². The molecule has 2 heterocycles. The van der Waals surface area contributed by atoms with Crippen molar-refractivity contribution >= 4 is 28.4 Å². The molecule has 2 rings (SSSR count). The molecule has 0 unspecified atom stereocenters. The van der Waals surface area contributed by atoms with E-state index in [9.17, 15) is 0 Å². The van der Waals surface area contributed by atoms with Gasteiger partial charge in [0.15, 0.2) is 0 Å². The Bertz CT molecular complexity index is 347. The Balaban J connectivity index is 2.19. The maximum atomic E-state index is 4.38. The summed E-state index contributed by atoms with van der Waals surface area (Å²) < 4.78 is 1.18. The molecule has 0 aromatic carbocycles. The number of nitrogens with zero attached hydrogens (tertiary/aromatic N) is 4. The number of halogens is 1. The number of hydrogen-bond donors (Lipinski definition) is 0. The second-order valence-corrected chi connectivity index (χ2v) is 4.97. The molecule has 1 aromatic heterocycles. The summed E-state index contributed by atoms with van der Waals surface area (Å²) in [6.45, 7) is 6.37. The predicted molar refractivity (Wildman–Crippen MR) is 69.2 cm³/mol. The number of hydrogen-bond acceptors (Lipinski definition) is 4. The van der Waals surface area contributed by atoms with Gasteiger partial charge in [-0.3, -0.25) is 0 Å². The third-order valence-electron chi connectivity index (χ3n) is 2.75. The van der Waals surface area contributed by atoms with E-state index in [2.05, 4.69) is 49.4 Å². The molecule has 5 heteroatoms. The zero-order chi connectivity index (χ0) is 10.8. The maximum Gasteiger partial charge on any atom is 0.145 e. The quantitative estimate of drug-likeness (QED) is 0.727. The van der Waals surface area contributed by atoms with Crippen LogP contribution in [0.5, 0.6) is 0 Å². The molecule has 0 atom stereocenters. The van der Waals surface area contributed by atoms with Crippen molar-refractivity contribution in [2.75, 3.05) is 38.1 Å². The van der Waals surface area contributed by atoms with E-state index in [0.29, 0.717) is 0 Å². The molecule has 0 radical (unpaired) electrons. The van der Waals surface area contributed by atoms with Gasteiger partial charge < -0.3 is 9.80 Å². The van der Waals surface area contributed by atoms with Crippen molar-refractivity contribution in [1.29, 1.82) is 0 Å². The van der Waals surface area contributed by atoms with Crippen LogP contribution in [0.25, 0.3) is 0 Å². The highest BCUT2D eigenvalue weighted by molar-refractivity contribution is 14.1. The molecule has 1 saturated heterocycles. The zero-order valence-electron chi connectivity index (χ0n) is 9.07. The van der Waals surface area contributed by atoms with Crippen molar-refractivity contribution in [3.05, 3.63) is 15.6 Å². The zero-order valence-corrected chi connectivity index (χ0v) is 11.2. The van der Waals surface area contributed by atoms with E-state index in [4.69, 9.17) is 0 Å². The van der Waals surface area contributed by atoms with E-state index < -0.39 is 0 Å². The van der Waals surface area contributed by atoms with Gasteiger partial charge in [-0.1, -0.05) is 0 Å². The summed E-state index contributed by atoms with van der Waals surface area (Å²) >= 11 is 2.33. The summed E-state index contributed by atoms with van der Waals surface area (Å²) in [5.74, 6) is 1.09. The highest BCUT2D eigenvalue weighted by Gasteiger charge is 2.18. The fourth-order valence-corrected chi connectivity index (χ4v) is 2.30. The van der Waals surface area contributed by atoms with Gasteiger partial charge in [0, 0.05) is 26.2 Å². The number of aromatic nitrogens is 2. The van der Waals surface area contributed by atoms with Gasteiger partial charge in [-0.25, -0.2) is 9.97 Å². The number of likely N-dealkylation sites (N-methyl/N-ethyl adjacent to an activating group) is 1. The lowest BCUT2D eigenvalue weighted by molar-refractivity contribution is 0.312. The third kappa shape index (κ3) is 2.39. The topological polar surface area (TPSA) is 32.3 Å². The van der Waals surface area contributed by atoms with Crippen molar-refractivity contribution in [3.63, 3.8) is 0 Å². The van der Waals surface area contributed by atoms with E-state index in [1.165, 1.54) is 3.57 Å². The molecule has 82 valence electrons. The van der Waals surface area contributed by atoms with Crippen molar-refractivity contribution in [3.8, 4) is 0 Å². The molecule has 4 nitrogen and oxygen atoms in total. The van der Waals surface area contributed by atoms with Crippen molar-refractivity contribution in [2.45, 2.75) is 6.92 Å². The lowest BCUT2D eigenvalue weighted by atomic mass is 10.3. The third-order valence-corrected chi connectivity index (χ3v) is 4.01. The molecule has 1 aliphatic rings. The first kappa shape index (κ1) is 11.1. The van der Waals surface area contributed by atoms with Gasteiger partial charge in [0.25, 0.3) is 0 Å². The van der Waals surface area contributed by atoms with Crippen molar-refractivity contribution < 1.29 is 0 Å². The highest BCUT2D eigenvalue weighted by Crippen LogP contribution is 2.22. The summed E-state index contributed by atoms with van der Waals surface area (Å²) in [4.78, 5) is 13.3. The second-order valence-electron chi connectivity index (χ2n) is 3.89. The molecule has 0 spiro atoms. The molecule has 0 amide bonds. The number of aryl methyl sites for hydroxylation is 1. The van der Waals surface area contributed by atoms with Gasteiger partial charge in [-0.2, -0.15) is 0 Å². The van der Waals surface area contributed by atoms with Crippen LogP contribution in [0.3, 0.4) is 0 Å². The smallest absolute Gasteiger partial charge is 0.145 e. The molecule has 1 fully saturated rings. The number of anilines is 1. The van der Waals surface area contributed by atoms with Crippen LogP contribution in [0.15, 0.2) is 6.33 Å². The monoisotopic (exact) mass is 318 g/mol. The van der Waals surface area contributed by atoms with Crippen LogP contribution in [0.4, 0.5) is 5.82 Å². The summed E-state index contributed by atoms with van der Waals surface area (Å²) in [5, 5.41) is 0. The molecule has 1 aromatic rings. The van der Waals surface area contributed by atoms with Crippen LogP contribution < -0.4 is 4.90 Å². The molecule has 15 heavy (non-hydrogen) atoms. The van der Waals surface area contributed by atoms with Crippen LogP contribution >= 0.6 is 22.6 Å². The molecule has 0 aliphatic carbocycles. The standard InChI is InChI=1S/C10H15IN4/c1-8-9(11)10(13-7-12-8)15-5-3-14(2)4-6-15/h7H,3-6H2,1-2H3. The minimum Gasteiger partial charge on any atom is -0.353 e. The average molecular weight is 318 g/mol. The Labute approximate surface area is 104 Å². The van der Waals surface area contributed by atoms with Gasteiger partial charge in [-0.05, 0) is 36.6 Å². The summed E-state index contributed by atoms with van der Waals surface area (Å²) in [7, 11) is 2.16. The first-order valence-electron chi connectivity index (χ1n) is 5.09. The van der Waals surface area contributed by atoms with Crippen LogP contribution in [-0.4, -0.2) is 48.1 Å². The Morgan fingerprint density at radius 2 is 1.87 bits per heavy atom. The Morgan fingerprint density at radius 3 is 2.53 bits per heavy atom. The van der Waals surface area contributed by atoms with Gasteiger partial charge in [0.05, 0.1) is 9.26 Å². The lowest BCUT2D eigenvalue weighted by Gasteiger charge is -2.33. The number of piperazine rings is 1. The molecule has 0 saturated carbocycles. The van der Waals surface area contributed by atoms with Crippen LogP contribution in [-0.2, 0) is 0 Å². The molecule has 0 N–H and O–H groups in total. The van der Waals surface area contributed by atoms with E-state index in [1.807, 2.05) is 6.92 Å². The Kier molecular flexibility index (Phi) is 3.40. The van der Waals surface area contributed by atoms with E-state index >= 15 is 0 Å². The number of rotatable bonds is 1. The minimum atomic E-state index is 1.06. The fraction of sp³-hybridized carbons (Fsp3) is 0.600. The van der Waals surface area contributed by atoms with Crippen molar-refractivity contribution in [2.24, 2.45) is 0 Å². The van der Waals surface area contributed by atoms with Crippen LogP contribution in [0.2, 0.25) is 0 Å². The van der Waals surface area contributed by atoms with Gasteiger partial charge in [-0.15, -0.1) is 0 Å². The minimum absolute atomic E-state index is 1.06. The predicted octanol–water partition coefficient (Wildman–Crippen LogP) is 1.14. The first-order chi connectivity index (χ1) is 7.18. The average Bonchev–Trinajstić information content (AvgIpc) is 2.24. The normalized spacial score (nSPS) is 18.2. The van der Waals surface area contributed by atoms with Gasteiger partial charge in [0.1, 0.15) is 12.1 Å². The Morgan fingerprint density at radius 1 is 1.20 bits per heavy atom. The SMILES string of the molecule is Cc1ncnc(N2CCN(C)CC2)c1I.